The van der Waals surface area contributed by atoms with Gasteiger partial charge >= 0.3 is 5.97 Å². The van der Waals surface area contributed by atoms with Crippen molar-refractivity contribution in [3.8, 4) is 0 Å². The van der Waals surface area contributed by atoms with E-state index >= 15 is 0 Å². The van der Waals surface area contributed by atoms with E-state index in [1.165, 1.54) is 63.9 Å². The Kier molecular flexibility index (Phi) is 11.2. The molecule has 1 rings (SSSR count). The molecule has 2 atom stereocenters. The van der Waals surface area contributed by atoms with Crippen LogP contribution >= 0.6 is 0 Å². The predicted molar refractivity (Wildman–Crippen MR) is 95.6 cm³/mol. The van der Waals surface area contributed by atoms with Crippen molar-refractivity contribution < 1.29 is 14.6 Å². The van der Waals surface area contributed by atoms with E-state index in [2.05, 4.69) is 13.0 Å². The SMILES string of the molecule is CCCCC[C@@H]1O[C@@H]1CCCCCCC=CC=CC=CC(=O)O. The summed E-state index contributed by atoms with van der Waals surface area (Å²) in [6, 6.07) is 0. The fourth-order valence-electron chi connectivity index (χ4n) is 2.68. The first-order valence-electron chi connectivity index (χ1n) is 9.12. The summed E-state index contributed by atoms with van der Waals surface area (Å²) in [6.07, 6.45) is 24.1. The molecule has 0 unspecified atom stereocenters. The second-order valence-corrected chi connectivity index (χ2v) is 6.21. The van der Waals surface area contributed by atoms with Crippen LogP contribution in [0.1, 0.15) is 71.1 Å². The number of unbranched alkanes of at least 4 members (excludes halogenated alkanes) is 6. The molecule has 0 saturated carbocycles. The summed E-state index contributed by atoms with van der Waals surface area (Å²) in [7, 11) is 0. The molecule has 1 heterocycles. The molecule has 3 nitrogen and oxygen atoms in total. The van der Waals surface area contributed by atoms with Gasteiger partial charge < -0.3 is 9.84 Å². The molecule has 1 N–H and O–H groups in total. The molecular formula is C20H32O3. The van der Waals surface area contributed by atoms with Gasteiger partial charge in [-0.1, -0.05) is 75.8 Å². The number of carboxylic acids is 1. The maximum atomic E-state index is 10.2. The van der Waals surface area contributed by atoms with Crippen molar-refractivity contribution >= 4 is 5.97 Å². The molecular weight excluding hydrogens is 288 g/mol. The smallest absolute Gasteiger partial charge is 0.328 e. The van der Waals surface area contributed by atoms with Crippen LogP contribution in [0.25, 0.3) is 0 Å². The molecule has 0 aromatic rings. The topological polar surface area (TPSA) is 49.8 Å². The van der Waals surface area contributed by atoms with Crippen LogP contribution in [0.15, 0.2) is 36.5 Å². The summed E-state index contributed by atoms with van der Waals surface area (Å²) in [5.41, 5.74) is 0. The maximum Gasteiger partial charge on any atom is 0.328 e. The standard InChI is InChI=1S/C20H32O3/c1-2-3-12-15-18-19(23-18)16-13-10-8-6-4-5-7-9-11-14-17-20(21)22/h5,7,9,11,14,17-19H,2-4,6,8,10,12-13,15-16H2,1H3,(H,21,22)/t18-,19+/m0/s1. The summed E-state index contributed by atoms with van der Waals surface area (Å²) in [6.45, 7) is 2.24. The third-order valence-electron chi connectivity index (χ3n) is 4.10. The van der Waals surface area contributed by atoms with Crippen molar-refractivity contribution in [3.63, 3.8) is 0 Å². The van der Waals surface area contributed by atoms with Gasteiger partial charge in [0.2, 0.25) is 0 Å². The zero-order chi connectivity index (χ0) is 16.8. The van der Waals surface area contributed by atoms with Crippen LogP contribution < -0.4 is 0 Å². The van der Waals surface area contributed by atoms with Crippen molar-refractivity contribution in [2.45, 2.75) is 83.3 Å². The molecule has 23 heavy (non-hydrogen) atoms. The highest BCUT2D eigenvalue weighted by Gasteiger charge is 2.36. The van der Waals surface area contributed by atoms with E-state index in [-0.39, 0.29) is 0 Å². The third-order valence-corrected chi connectivity index (χ3v) is 4.10. The van der Waals surface area contributed by atoms with Crippen LogP contribution in [-0.2, 0) is 9.53 Å². The minimum Gasteiger partial charge on any atom is -0.478 e. The lowest BCUT2D eigenvalue weighted by Gasteiger charge is -1.98. The fraction of sp³-hybridized carbons (Fsp3) is 0.650. The maximum absolute atomic E-state index is 10.2. The molecule has 1 aliphatic heterocycles. The van der Waals surface area contributed by atoms with Crippen molar-refractivity contribution in [2.24, 2.45) is 0 Å². The molecule has 0 bridgehead atoms. The number of carboxylic acid groups (broad SMARTS) is 1. The van der Waals surface area contributed by atoms with Gasteiger partial charge in [0.15, 0.2) is 0 Å². The molecule has 3 heteroatoms. The van der Waals surface area contributed by atoms with Gasteiger partial charge in [-0.3, -0.25) is 0 Å². The average Bonchev–Trinajstić information content (AvgIpc) is 3.27. The van der Waals surface area contributed by atoms with Gasteiger partial charge in [-0.2, -0.15) is 0 Å². The van der Waals surface area contributed by atoms with E-state index in [0.717, 1.165) is 12.5 Å². The number of rotatable bonds is 14. The number of hydrogen-bond donors (Lipinski definition) is 1. The highest BCUT2D eigenvalue weighted by molar-refractivity contribution is 5.80. The van der Waals surface area contributed by atoms with Gasteiger partial charge in [0.25, 0.3) is 0 Å². The summed E-state index contributed by atoms with van der Waals surface area (Å²) in [4.78, 5) is 10.2. The Morgan fingerprint density at radius 1 is 0.913 bits per heavy atom. The summed E-state index contributed by atoms with van der Waals surface area (Å²) < 4.78 is 5.71. The molecule has 0 radical (unpaired) electrons. The van der Waals surface area contributed by atoms with Gasteiger partial charge in [-0.05, 0) is 25.7 Å². The van der Waals surface area contributed by atoms with Gasteiger partial charge in [0, 0.05) is 6.08 Å². The largest absolute Gasteiger partial charge is 0.478 e. The van der Waals surface area contributed by atoms with Gasteiger partial charge in [0.05, 0.1) is 12.2 Å². The first-order chi connectivity index (χ1) is 11.2. The predicted octanol–water partition coefficient (Wildman–Crippen LogP) is 5.43. The first kappa shape index (κ1) is 19.7. The third kappa shape index (κ3) is 11.8. The lowest BCUT2D eigenvalue weighted by molar-refractivity contribution is -0.131. The van der Waals surface area contributed by atoms with Gasteiger partial charge in [0.1, 0.15) is 0 Å². The second kappa shape index (κ2) is 13.1. The number of epoxide rings is 1. The van der Waals surface area contributed by atoms with Crippen LogP contribution in [0, 0.1) is 0 Å². The van der Waals surface area contributed by atoms with Gasteiger partial charge in [-0.15, -0.1) is 0 Å². The monoisotopic (exact) mass is 320 g/mol. The van der Waals surface area contributed by atoms with Gasteiger partial charge in [-0.25, -0.2) is 4.79 Å². The molecule has 1 saturated heterocycles. The van der Waals surface area contributed by atoms with E-state index in [9.17, 15) is 4.79 Å². The normalized spacial score (nSPS) is 20.9. The Morgan fingerprint density at radius 3 is 2.26 bits per heavy atom. The fourth-order valence-corrected chi connectivity index (χ4v) is 2.68. The minimum atomic E-state index is -0.914. The quantitative estimate of drug-likeness (QED) is 0.201. The number of aliphatic carboxylic acids is 1. The van der Waals surface area contributed by atoms with Crippen molar-refractivity contribution in [1.29, 1.82) is 0 Å². The Labute approximate surface area is 141 Å². The molecule has 0 amide bonds. The number of ether oxygens (including phenoxy) is 1. The molecule has 0 spiro atoms. The highest BCUT2D eigenvalue weighted by atomic mass is 16.6. The van der Waals surface area contributed by atoms with E-state index in [1.807, 2.05) is 12.2 Å². The Balaban J connectivity index is 1.84. The van der Waals surface area contributed by atoms with Crippen LogP contribution in [0.4, 0.5) is 0 Å². The number of allylic oxidation sites excluding steroid dienone is 5. The first-order valence-corrected chi connectivity index (χ1v) is 9.12. The lowest BCUT2D eigenvalue weighted by Crippen LogP contribution is -1.94. The number of carbonyl (C=O) groups is 1. The lowest BCUT2D eigenvalue weighted by atomic mass is 10.1. The van der Waals surface area contributed by atoms with Crippen LogP contribution in [0.2, 0.25) is 0 Å². The number of hydrogen-bond acceptors (Lipinski definition) is 2. The van der Waals surface area contributed by atoms with E-state index in [0.29, 0.717) is 12.2 Å². The molecule has 0 aromatic carbocycles. The van der Waals surface area contributed by atoms with Crippen molar-refractivity contribution in [3.05, 3.63) is 36.5 Å². The zero-order valence-electron chi connectivity index (χ0n) is 14.5. The Hall–Kier alpha value is -1.35. The molecule has 130 valence electrons. The Morgan fingerprint density at radius 2 is 1.57 bits per heavy atom. The van der Waals surface area contributed by atoms with Crippen molar-refractivity contribution in [1.82, 2.24) is 0 Å². The Bertz CT molecular complexity index is 396. The zero-order valence-corrected chi connectivity index (χ0v) is 14.5. The summed E-state index contributed by atoms with van der Waals surface area (Å²) in [5.74, 6) is -0.914. The second-order valence-electron chi connectivity index (χ2n) is 6.21. The van der Waals surface area contributed by atoms with Crippen molar-refractivity contribution in [2.75, 3.05) is 0 Å². The molecule has 1 aliphatic rings. The van der Waals surface area contributed by atoms with E-state index < -0.39 is 5.97 Å². The van der Waals surface area contributed by atoms with E-state index in [4.69, 9.17) is 9.84 Å². The van der Waals surface area contributed by atoms with Crippen LogP contribution in [-0.4, -0.2) is 23.3 Å². The summed E-state index contributed by atoms with van der Waals surface area (Å²) in [5, 5.41) is 8.41. The van der Waals surface area contributed by atoms with Crippen LogP contribution in [0.5, 0.6) is 0 Å². The van der Waals surface area contributed by atoms with Crippen LogP contribution in [0.3, 0.4) is 0 Å². The minimum absolute atomic E-state index is 0.566. The summed E-state index contributed by atoms with van der Waals surface area (Å²) >= 11 is 0. The molecule has 1 fully saturated rings. The molecule has 0 aliphatic carbocycles. The average molecular weight is 320 g/mol. The highest BCUT2D eigenvalue weighted by Crippen LogP contribution is 2.31. The molecule has 0 aromatic heterocycles. The van der Waals surface area contributed by atoms with E-state index in [1.54, 1.807) is 6.08 Å².